The molecule has 0 amide bonds. The summed E-state index contributed by atoms with van der Waals surface area (Å²) in [6.45, 7) is 7.38. The minimum Gasteiger partial charge on any atom is -0.0654 e. The molecule has 1 heteroatoms. The highest BCUT2D eigenvalue weighted by atomic mass is 28.3. The number of hydrogen-bond donors (Lipinski definition) is 0. The molecule has 0 N–H and O–H groups in total. The molecule has 3 rings (SSSR count). The molecule has 0 unspecified atom stereocenters. The van der Waals surface area contributed by atoms with Crippen molar-refractivity contribution in [3.8, 4) is 0 Å². The summed E-state index contributed by atoms with van der Waals surface area (Å²) >= 11 is 0. The van der Waals surface area contributed by atoms with E-state index in [4.69, 9.17) is 0 Å². The van der Waals surface area contributed by atoms with E-state index in [-0.39, 0.29) is 0 Å². The molecule has 0 aromatic heterocycles. The van der Waals surface area contributed by atoms with Crippen molar-refractivity contribution in [2.24, 2.45) is 0 Å². The van der Waals surface area contributed by atoms with Gasteiger partial charge in [-0.25, -0.2) is 0 Å². The Balaban J connectivity index is 2.14. The Morgan fingerprint density at radius 1 is 0.913 bits per heavy atom. The average Bonchev–Trinajstić information content (AvgIpc) is 2.82. The van der Waals surface area contributed by atoms with E-state index in [1.165, 1.54) is 37.3 Å². The highest BCUT2D eigenvalue weighted by Gasteiger charge is 2.37. The van der Waals surface area contributed by atoms with Crippen LogP contribution in [-0.2, 0) is 6.04 Å². The van der Waals surface area contributed by atoms with Crippen LogP contribution in [-0.4, -0.2) is 8.07 Å². The molecule has 1 aliphatic heterocycles. The Morgan fingerprint density at radius 3 is 2.35 bits per heavy atom. The third kappa shape index (κ3) is 3.35. The van der Waals surface area contributed by atoms with Crippen molar-refractivity contribution in [2.45, 2.75) is 51.7 Å². The van der Waals surface area contributed by atoms with E-state index in [0.29, 0.717) is 0 Å². The molecular formula is C22H28Si. The van der Waals surface area contributed by atoms with Crippen molar-refractivity contribution in [3.05, 3.63) is 71.3 Å². The lowest BCUT2D eigenvalue weighted by Crippen LogP contribution is -2.26. The monoisotopic (exact) mass is 320 g/mol. The van der Waals surface area contributed by atoms with Crippen LogP contribution in [0.5, 0.6) is 0 Å². The SMILES string of the molecule is CCCCC/C(=C1/c2ccccc2C[Si]1(C)C)c1ccccc1. The van der Waals surface area contributed by atoms with E-state index in [1.807, 2.05) is 0 Å². The molecule has 1 aliphatic rings. The summed E-state index contributed by atoms with van der Waals surface area (Å²) in [6.07, 6.45) is 5.14. The molecule has 2 aromatic rings. The van der Waals surface area contributed by atoms with E-state index in [0.717, 1.165) is 0 Å². The Bertz CT molecular complexity index is 695. The maximum atomic E-state index is 2.55. The summed E-state index contributed by atoms with van der Waals surface area (Å²) in [5, 5.41) is 1.72. The van der Waals surface area contributed by atoms with Gasteiger partial charge in [-0.2, -0.15) is 0 Å². The first-order valence-electron chi connectivity index (χ1n) is 9.01. The summed E-state index contributed by atoms with van der Waals surface area (Å²) in [4.78, 5) is 0. The molecule has 0 aliphatic carbocycles. The first-order chi connectivity index (χ1) is 11.1. The molecule has 120 valence electrons. The van der Waals surface area contributed by atoms with Crippen LogP contribution in [0, 0.1) is 0 Å². The summed E-state index contributed by atoms with van der Waals surface area (Å²) in [7, 11) is -1.40. The Hall–Kier alpha value is -1.60. The molecule has 0 radical (unpaired) electrons. The molecular weight excluding hydrogens is 292 g/mol. The average molecular weight is 321 g/mol. The van der Waals surface area contributed by atoms with E-state index in [2.05, 4.69) is 74.6 Å². The Kier molecular flexibility index (Phi) is 4.86. The highest BCUT2D eigenvalue weighted by Crippen LogP contribution is 2.44. The fourth-order valence-electron chi connectivity index (χ4n) is 4.02. The van der Waals surface area contributed by atoms with Crippen molar-refractivity contribution >= 4 is 18.8 Å². The van der Waals surface area contributed by atoms with Gasteiger partial charge in [-0.15, -0.1) is 0 Å². The molecule has 0 atom stereocenters. The smallest absolute Gasteiger partial charge is 0.0654 e. The number of unbranched alkanes of at least 4 members (excludes halogenated alkanes) is 2. The van der Waals surface area contributed by atoms with Gasteiger partial charge < -0.3 is 0 Å². The minimum absolute atomic E-state index is 1.22. The standard InChI is InChI=1S/C22H28Si/c1-4-5-7-15-20(18-12-8-6-9-13-18)22-21-16-11-10-14-19(21)17-23(22,2)3/h6,8-14,16H,4-5,7,15,17H2,1-3H3/b22-20+. The molecule has 0 saturated carbocycles. The quantitative estimate of drug-likeness (QED) is 0.434. The molecule has 0 spiro atoms. The normalized spacial score (nSPS) is 17.9. The number of fused-ring (bicyclic) bond motifs is 1. The second-order valence-corrected chi connectivity index (χ2v) is 12.0. The predicted molar refractivity (Wildman–Crippen MR) is 105 cm³/mol. The maximum absolute atomic E-state index is 2.55. The summed E-state index contributed by atoms with van der Waals surface area (Å²) in [5.74, 6) is 0. The van der Waals surface area contributed by atoms with Crippen LogP contribution >= 0.6 is 0 Å². The number of rotatable bonds is 5. The highest BCUT2D eigenvalue weighted by molar-refractivity contribution is 6.96. The summed E-state index contributed by atoms with van der Waals surface area (Å²) in [5.41, 5.74) is 6.18. The van der Waals surface area contributed by atoms with Crippen LogP contribution < -0.4 is 0 Å². The number of allylic oxidation sites excluding steroid dienone is 1. The zero-order valence-corrected chi connectivity index (χ0v) is 15.7. The maximum Gasteiger partial charge on any atom is 0.0861 e. The fourth-order valence-corrected chi connectivity index (χ4v) is 7.52. The van der Waals surface area contributed by atoms with Crippen molar-refractivity contribution < 1.29 is 0 Å². The third-order valence-corrected chi connectivity index (χ3v) is 8.24. The topological polar surface area (TPSA) is 0 Å². The van der Waals surface area contributed by atoms with Gasteiger partial charge in [0.15, 0.2) is 0 Å². The van der Waals surface area contributed by atoms with Gasteiger partial charge in [-0.1, -0.05) is 87.5 Å². The molecule has 0 nitrogen and oxygen atoms in total. The summed E-state index contributed by atoms with van der Waals surface area (Å²) < 4.78 is 0. The van der Waals surface area contributed by atoms with Crippen molar-refractivity contribution in [1.29, 1.82) is 0 Å². The summed E-state index contributed by atoms with van der Waals surface area (Å²) in [6, 6.07) is 21.5. The first-order valence-corrected chi connectivity index (χ1v) is 12.2. The minimum atomic E-state index is -1.40. The van der Waals surface area contributed by atoms with Gasteiger partial charge in [0.1, 0.15) is 0 Å². The van der Waals surface area contributed by atoms with Crippen molar-refractivity contribution in [2.75, 3.05) is 0 Å². The zero-order valence-electron chi connectivity index (χ0n) is 14.7. The first kappa shape index (κ1) is 16.3. The van der Waals surface area contributed by atoms with E-state index >= 15 is 0 Å². The van der Waals surface area contributed by atoms with Crippen molar-refractivity contribution in [3.63, 3.8) is 0 Å². The van der Waals surface area contributed by atoms with Crippen LogP contribution in [0.15, 0.2) is 54.6 Å². The van der Waals surface area contributed by atoms with Gasteiger partial charge in [-0.05, 0) is 46.3 Å². The predicted octanol–water partition coefficient (Wildman–Crippen LogP) is 6.52. The van der Waals surface area contributed by atoms with Crippen LogP contribution in [0.1, 0.15) is 49.3 Å². The molecule has 0 bridgehead atoms. The van der Waals surface area contributed by atoms with Gasteiger partial charge in [-0.3, -0.25) is 0 Å². The molecule has 0 saturated heterocycles. The van der Waals surface area contributed by atoms with Crippen LogP contribution in [0.4, 0.5) is 0 Å². The molecule has 2 aromatic carbocycles. The Morgan fingerprint density at radius 2 is 1.61 bits per heavy atom. The lowest BCUT2D eigenvalue weighted by atomic mass is 9.96. The largest absolute Gasteiger partial charge is 0.0861 e. The van der Waals surface area contributed by atoms with E-state index in [1.54, 1.807) is 21.9 Å². The van der Waals surface area contributed by atoms with Crippen LogP contribution in [0.3, 0.4) is 0 Å². The van der Waals surface area contributed by atoms with Crippen molar-refractivity contribution in [1.82, 2.24) is 0 Å². The van der Waals surface area contributed by atoms with Crippen LogP contribution in [0.25, 0.3) is 10.8 Å². The number of hydrogen-bond acceptors (Lipinski definition) is 0. The van der Waals surface area contributed by atoms with Gasteiger partial charge in [0, 0.05) is 0 Å². The molecule has 0 fully saturated rings. The number of benzene rings is 2. The third-order valence-electron chi connectivity index (χ3n) is 5.05. The van der Waals surface area contributed by atoms with Gasteiger partial charge in [0.2, 0.25) is 0 Å². The van der Waals surface area contributed by atoms with E-state index in [9.17, 15) is 0 Å². The zero-order chi connectivity index (χ0) is 16.3. The van der Waals surface area contributed by atoms with Gasteiger partial charge >= 0.3 is 0 Å². The van der Waals surface area contributed by atoms with Crippen LogP contribution in [0.2, 0.25) is 13.1 Å². The fraction of sp³-hybridized carbons (Fsp3) is 0.364. The second-order valence-electron chi connectivity index (χ2n) is 7.39. The Labute approximate surface area is 142 Å². The molecule has 23 heavy (non-hydrogen) atoms. The molecule has 1 heterocycles. The lowest BCUT2D eigenvalue weighted by Gasteiger charge is -2.23. The van der Waals surface area contributed by atoms with E-state index < -0.39 is 8.07 Å². The van der Waals surface area contributed by atoms with Gasteiger partial charge in [0.25, 0.3) is 0 Å². The second kappa shape index (κ2) is 6.88. The van der Waals surface area contributed by atoms with Gasteiger partial charge in [0.05, 0.1) is 8.07 Å². The lowest BCUT2D eigenvalue weighted by molar-refractivity contribution is 0.736.